The van der Waals surface area contributed by atoms with Crippen LogP contribution in [0.25, 0.3) is 0 Å². The molecule has 6 heteroatoms. The van der Waals surface area contributed by atoms with Gasteiger partial charge in [-0.25, -0.2) is 9.59 Å². The Bertz CT molecular complexity index is 618. The molecule has 25 heavy (non-hydrogen) atoms. The predicted molar refractivity (Wildman–Crippen MR) is 93.6 cm³/mol. The van der Waals surface area contributed by atoms with E-state index in [1.54, 1.807) is 22.3 Å². The molecule has 0 bridgehead atoms. The molecule has 0 heterocycles. The largest absolute Gasteiger partial charge is 0.478 e. The Kier molecular flexibility index (Phi) is 7.16. The van der Waals surface area contributed by atoms with Crippen molar-refractivity contribution in [2.24, 2.45) is 0 Å². The second kappa shape index (κ2) is 9.34. The van der Waals surface area contributed by atoms with E-state index in [0.717, 1.165) is 6.61 Å². The predicted octanol–water partition coefficient (Wildman–Crippen LogP) is 2.07. The van der Waals surface area contributed by atoms with Crippen LogP contribution in [-0.4, -0.2) is 35.9 Å². The summed E-state index contributed by atoms with van der Waals surface area (Å²) >= 11 is 0. The molecule has 3 N–H and O–H groups in total. The van der Waals surface area contributed by atoms with E-state index in [2.05, 4.69) is 11.4 Å². The maximum absolute atomic E-state index is 9.55. The number of carbonyl (C=O) groups is 2. The Balaban J connectivity index is 0.000000242. The molecule has 0 unspecified atom stereocenters. The van der Waals surface area contributed by atoms with Crippen molar-refractivity contribution in [2.75, 3.05) is 13.8 Å². The number of rotatable bonds is 6. The molecule has 0 atom stereocenters. The zero-order valence-electron chi connectivity index (χ0n) is 14.5. The smallest absolute Gasteiger partial charge is 0.328 e. The maximum Gasteiger partial charge on any atom is 0.328 e. The van der Waals surface area contributed by atoms with Crippen LogP contribution in [0.1, 0.15) is 40.7 Å². The van der Waals surface area contributed by atoms with Gasteiger partial charge in [-0.3, -0.25) is 5.32 Å². The Morgan fingerprint density at radius 2 is 1.56 bits per heavy atom. The second-order valence-electron chi connectivity index (χ2n) is 6.19. The summed E-state index contributed by atoms with van der Waals surface area (Å²) in [5.41, 5.74) is 7.97. The summed E-state index contributed by atoms with van der Waals surface area (Å²) in [7, 11) is 1.93. The molecule has 0 amide bonds. The monoisotopic (exact) mass is 347 g/mol. The van der Waals surface area contributed by atoms with Crippen molar-refractivity contribution in [3.63, 3.8) is 0 Å². The fourth-order valence-electron chi connectivity index (χ4n) is 3.51. The number of carboxylic acid groups (broad SMARTS) is 2. The highest BCUT2D eigenvalue weighted by atomic mass is 16.5. The van der Waals surface area contributed by atoms with Crippen molar-refractivity contribution in [1.82, 2.24) is 5.32 Å². The summed E-state index contributed by atoms with van der Waals surface area (Å²) in [6, 6.07) is 2.48. The SMILES string of the molecule is CNCOCc1c2c(cc3c1CCC3)CCC2.O=C(O)/C=C/C(=O)O. The van der Waals surface area contributed by atoms with Crippen molar-refractivity contribution < 1.29 is 24.5 Å². The lowest BCUT2D eigenvalue weighted by atomic mass is 9.95. The Morgan fingerprint density at radius 3 is 2.00 bits per heavy atom. The van der Waals surface area contributed by atoms with Crippen LogP contribution in [0.15, 0.2) is 18.2 Å². The van der Waals surface area contributed by atoms with Gasteiger partial charge in [-0.1, -0.05) is 6.07 Å². The quantitative estimate of drug-likeness (QED) is 0.414. The van der Waals surface area contributed by atoms with Crippen molar-refractivity contribution in [2.45, 2.75) is 45.1 Å². The van der Waals surface area contributed by atoms with E-state index in [1.165, 1.54) is 44.1 Å². The highest BCUT2D eigenvalue weighted by molar-refractivity contribution is 5.89. The number of nitrogens with one attached hydrogen (secondary N) is 1. The van der Waals surface area contributed by atoms with Gasteiger partial charge in [0.05, 0.1) is 13.3 Å². The van der Waals surface area contributed by atoms with E-state index >= 15 is 0 Å². The van der Waals surface area contributed by atoms with Crippen LogP contribution in [0.3, 0.4) is 0 Å². The number of fused-ring (bicyclic) bond motifs is 2. The molecule has 1 aromatic rings. The van der Waals surface area contributed by atoms with Gasteiger partial charge in [0.1, 0.15) is 0 Å². The van der Waals surface area contributed by atoms with Crippen molar-refractivity contribution in [3.8, 4) is 0 Å². The molecule has 3 rings (SSSR count). The minimum Gasteiger partial charge on any atom is -0.478 e. The molecule has 0 radical (unpaired) electrons. The first kappa shape index (κ1) is 19.1. The van der Waals surface area contributed by atoms with Crippen LogP contribution < -0.4 is 5.32 Å². The highest BCUT2D eigenvalue weighted by Gasteiger charge is 2.23. The molecule has 2 aliphatic carbocycles. The third-order valence-corrected chi connectivity index (χ3v) is 4.46. The molecule has 136 valence electrons. The highest BCUT2D eigenvalue weighted by Crippen LogP contribution is 2.35. The number of carboxylic acids is 2. The van der Waals surface area contributed by atoms with Gasteiger partial charge in [0, 0.05) is 12.2 Å². The fraction of sp³-hybridized carbons (Fsp3) is 0.474. The molecule has 0 aromatic heterocycles. The standard InChI is InChI=1S/C15H21NO.C4H4O4/c1-16-10-17-9-15-13-6-2-4-11(13)8-12-5-3-7-14(12)15;5-3(6)1-2-4(7)8/h8,16H,2-7,9-10H2,1H3;1-2H,(H,5,6)(H,7,8)/b;2-1+. The zero-order chi connectivity index (χ0) is 18.2. The summed E-state index contributed by atoms with van der Waals surface area (Å²) in [5.74, 6) is -2.51. The minimum atomic E-state index is -1.26. The number of aryl methyl sites for hydroxylation is 2. The summed E-state index contributed by atoms with van der Waals surface area (Å²) in [6.45, 7) is 1.45. The van der Waals surface area contributed by atoms with Crippen LogP contribution in [0.4, 0.5) is 0 Å². The number of hydrogen-bond donors (Lipinski definition) is 3. The average Bonchev–Trinajstić information content (AvgIpc) is 3.21. The van der Waals surface area contributed by atoms with Gasteiger partial charge in [0.2, 0.25) is 0 Å². The topological polar surface area (TPSA) is 95.9 Å². The van der Waals surface area contributed by atoms with Gasteiger partial charge < -0.3 is 14.9 Å². The van der Waals surface area contributed by atoms with E-state index in [-0.39, 0.29) is 0 Å². The third-order valence-electron chi connectivity index (χ3n) is 4.46. The number of aliphatic carboxylic acids is 2. The molecular weight excluding hydrogens is 322 g/mol. The lowest BCUT2D eigenvalue weighted by Crippen LogP contribution is -2.13. The first-order valence-corrected chi connectivity index (χ1v) is 8.54. The zero-order valence-corrected chi connectivity index (χ0v) is 14.5. The lowest BCUT2D eigenvalue weighted by Gasteiger charge is -2.15. The number of ether oxygens (including phenoxy) is 1. The molecule has 1 aromatic carbocycles. The summed E-state index contributed by atoms with van der Waals surface area (Å²) in [5, 5.41) is 18.7. The number of hydrogen-bond acceptors (Lipinski definition) is 4. The Morgan fingerprint density at radius 1 is 1.04 bits per heavy atom. The molecule has 0 spiro atoms. The van der Waals surface area contributed by atoms with E-state index in [4.69, 9.17) is 14.9 Å². The molecule has 0 saturated carbocycles. The molecule has 0 fully saturated rings. The van der Waals surface area contributed by atoms with Gasteiger partial charge in [-0.15, -0.1) is 0 Å². The van der Waals surface area contributed by atoms with Crippen LogP contribution in [0, 0.1) is 0 Å². The Labute approximate surface area is 147 Å². The Hall–Kier alpha value is -2.18. The van der Waals surface area contributed by atoms with Gasteiger partial charge in [-0.05, 0) is 73.4 Å². The minimum absolute atomic E-state index is 0.558. The van der Waals surface area contributed by atoms with E-state index in [9.17, 15) is 9.59 Å². The van der Waals surface area contributed by atoms with Crippen molar-refractivity contribution >= 4 is 11.9 Å². The van der Waals surface area contributed by atoms with Crippen LogP contribution in [-0.2, 0) is 46.6 Å². The van der Waals surface area contributed by atoms with Crippen LogP contribution in [0.5, 0.6) is 0 Å². The van der Waals surface area contributed by atoms with Crippen LogP contribution in [0.2, 0.25) is 0 Å². The second-order valence-corrected chi connectivity index (χ2v) is 6.19. The van der Waals surface area contributed by atoms with E-state index in [1.807, 2.05) is 7.05 Å². The number of benzene rings is 1. The summed E-state index contributed by atoms with van der Waals surface area (Å²) in [6.07, 6.45) is 8.87. The van der Waals surface area contributed by atoms with Gasteiger partial charge >= 0.3 is 11.9 Å². The van der Waals surface area contributed by atoms with Gasteiger partial charge in [-0.2, -0.15) is 0 Å². The first-order chi connectivity index (χ1) is 12.0. The maximum atomic E-state index is 9.55. The van der Waals surface area contributed by atoms with Gasteiger partial charge in [0.15, 0.2) is 0 Å². The summed E-state index contributed by atoms with van der Waals surface area (Å²) in [4.78, 5) is 19.1. The molecule has 2 aliphatic rings. The first-order valence-electron chi connectivity index (χ1n) is 8.54. The lowest BCUT2D eigenvalue weighted by molar-refractivity contribution is -0.134. The molecule has 0 aliphatic heterocycles. The third kappa shape index (κ3) is 5.41. The van der Waals surface area contributed by atoms with Crippen LogP contribution >= 0.6 is 0 Å². The molecule has 0 saturated heterocycles. The van der Waals surface area contributed by atoms with E-state index in [0.29, 0.717) is 18.9 Å². The van der Waals surface area contributed by atoms with E-state index < -0.39 is 11.9 Å². The fourth-order valence-corrected chi connectivity index (χ4v) is 3.51. The van der Waals surface area contributed by atoms with Crippen molar-refractivity contribution in [1.29, 1.82) is 0 Å². The normalized spacial score (nSPS) is 14.8. The van der Waals surface area contributed by atoms with Gasteiger partial charge in [0.25, 0.3) is 0 Å². The summed E-state index contributed by atoms with van der Waals surface area (Å²) < 4.78 is 5.71. The molecule has 6 nitrogen and oxygen atoms in total. The molecular formula is C19H25NO5. The average molecular weight is 347 g/mol. The van der Waals surface area contributed by atoms with Crippen molar-refractivity contribution in [3.05, 3.63) is 46.0 Å².